The number of hydrogen-bond donors (Lipinski definition) is 0. The highest BCUT2D eigenvalue weighted by Gasteiger charge is 2.21. The molecule has 0 bridgehead atoms. The maximum Gasteiger partial charge on any atom is 0.236 e. The Morgan fingerprint density at radius 2 is 2.26 bits per heavy atom. The molecule has 2 aromatic rings. The molecule has 1 aliphatic heterocycles. The average molecular weight is 353 g/mol. The van der Waals surface area contributed by atoms with E-state index < -0.39 is 0 Å². The zero-order valence-electron chi connectivity index (χ0n) is 12.9. The standard InChI is InChI=1S/C17H18ClFN2OS/c1-20(10-13-14(18)3-2-4-15(13)19)17(22)11-21-7-5-16-12(9-21)6-8-23-16/h2-4,6,8H,5,7,9-11H2,1H3. The lowest BCUT2D eigenvalue weighted by atomic mass is 10.1. The van der Waals surface area contributed by atoms with E-state index in [4.69, 9.17) is 11.6 Å². The van der Waals surface area contributed by atoms with Crippen molar-refractivity contribution in [3.05, 3.63) is 56.5 Å². The first-order chi connectivity index (χ1) is 11.0. The Balaban J connectivity index is 1.60. The number of hydrogen-bond acceptors (Lipinski definition) is 3. The highest BCUT2D eigenvalue weighted by molar-refractivity contribution is 7.10. The molecular formula is C17H18ClFN2OS. The van der Waals surface area contributed by atoms with Crippen molar-refractivity contribution in [1.29, 1.82) is 0 Å². The number of benzene rings is 1. The fourth-order valence-corrected chi connectivity index (χ4v) is 3.88. The molecule has 2 heterocycles. The van der Waals surface area contributed by atoms with Gasteiger partial charge >= 0.3 is 0 Å². The van der Waals surface area contributed by atoms with Crippen LogP contribution in [0.25, 0.3) is 0 Å². The van der Waals surface area contributed by atoms with Gasteiger partial charge in [0.15, 0.2) is 0 Å². The largest absolute Gasteiger partial charge is 0.340 e. The van der Waals surface area contributed by atoms with Crippen LogP contribution in [0.4, 0.5) is 4.39 Å². The summed E-state index contributed by atoms with van der Waals surface area (Å²) in [6.45, 7) is 2.21. The van der Waals surface area contributed by atoms with Gasteiger partial charge in [-0.1, -0.05) is 17.7 Å². The second-order valence-electron chi connectivity index (χ2n) is 5.78. The van der Waals surface area contributed by atoms with E-state index in [1.54, 1.807) is 30.5 Å². The lowest BCUT2D eigenvalue weighted by Gasteiger charge is -2.28. The van der Waals surface area contributed by atoms with E-state index in [0.717, 1.165) is 19.5 Å². The fourth-order valence-electron chi connectivity index (χ4n) is 2.76. The second kappa shape index (κ2) is 6.99. The van der Waals surface area contributed by atoms with Gasteiger partial charge in [-0.25, -0.2) is 4.39 Å². The molecule has 1 aromatic carbocycles. The number of fused-ring (bicyclic) bond motifs is 1. The summed E-state index contributed by atoms with van der Waals surface area (Å²) in [5, 5.41) is 2.45. The summed E-state index contributed by atoms with van der Waals surface area (Å²) >= 11 is 7.81. The van der Waals surface area contributed by atoms with Crippen LogP contribution in [0.15, 0.2) is 29.6 Å². The molecule has 1 aromatic heterocycles. The third-order valence-corrected chi connectivity index (χ3v) is 5.51. The lowest BCUT2D eigenvalue weighted by Crippen LogP contribution is -2.40. The van der Waals surface area contributed by atoms with Crippen LogP contribution in [0.5, 0.6) is 0 Å². The first kappa shape index (κ1) is 16.4. The Labute approximate surface area is 144 Å². The van der Waals surface area contributed by atoms with Gasteiger partial charge in [0.05, 0.1) is 6.54 Å². The van der Waals surface area contributed by atoms with Gasteiger partial charge < -0.3 is 4.90 Å². The van der Waals surface area contributed by atoms with Crippen LogP contribution in [-0.2, 0) is 24.3 Å². The van der Waals surface area contributed by atoms with E-state index in [9.17, 15) is 9.18 Å². The van der Waals surface area contributed by atoms with Gasteiger partial charge in [0.2, 0.25) is 5.91 Å². The molecule has 0 atom stereocenters. The Morgan fingerprint density at radius 3 is 3.04 bits per heavy atom. The van der Waals surface area contributed by atoms with Gasteiger partial charge in [-0.15, -0.1) is 11.3 Å². The molecule has 0 spiro atoms. The summed E-state index contributed by atoms with van der Waals surface area (Å²) in [7, 11) is 1.69. The van der Waals surface area contributed by atoms with Crippen LogP contribution < -0.4 is 0 Å². The summed E-state index contributed by atoms with van der Waals surface area (Å²) in [5.74, 6) is -0.402. The lowest BCUT2D eigenvalue weighted by molar-refractivity contribution is -0.131. The smallest absolute Gasteiger partial charge is 0.236 e. The first-order valence-corrected chi connectivity index (χ1v) is 8.75. The van der Waals surface area contributed by atoms with E-state index in [-0.39, 0.29) is 18.3 Å². The zero-order valence-corrected chi connectivity index (χ0v) is 14.5. The topological polar surface area (TPSA) is 23.6 Å². The van der Waals surface area contributed by atoms with Crippen LogP contribution in [0.2, 0.25) is 5.02 Å². The van der Waals surface area contributed by atoms with Crippen molar-refractivity contribution in [2.24, 2.45) is 0 Å². The molecule has 0 unspecified atom stereocenters. The van der Waals surface area contributed by atoms with Crippen molar-refractivity contribution in [3.63, 3.8) is 0 Å². The van der Waals surface area contributed by atoms with E-state index in [1.807, 2.05) is 0 Å². The highest BCUT2D eigenvalue weighted by atomic mass is 35.5. The van der Waals surface area contributed by atoms with Crippen LogP contribution in [0, 0.1) is 5.82 Å². The van der Waals surface area contributed by atoms with Crippen molar-refractivity contribution >= 4 is 28.8 Å². The minimum Gasteiger partial charge on any atom is -0.340 e. The number of likely N-dealkylation sites (N-methyl/N-ethyl adjacent to an activating group) is 1. The molecule has 0 fully saturated rings. The number of amides is 1. The molecule has 1 amide bonds. The summed E-state index contributed by atoms with van der Waals surface area (Å²) in [6, 6.07) is 6.69. The Kier molecular flexibility index (Phi) is 4.99. The minimum absolute atomic E-state index is 0.0250. The van der Waals surface area contributed by atoms with Crippen molar-refractivity contribution < 1.29 is 9.18 Å². The molecule has 23 heavy (non-hydrogen) atoms. The molecule has 1 aliphatic rings. The quantitative estimate of drug-likeness (QED) is 0.840. The molecule has 6 heteroatoms. The van der Waals surface area contributed by atoms with Crippen LogP contribution in [0.3, 0.4) is 0 Å². The molecule has 0 radical (unpaired) electrons. The second-order valence-corrected chi connectivity index (χ2v) is 7.19. The summed E-state index contributed by atoms with van der Waals surface area (Å²) in [6.07, 6.45) is 0.989. The molecule has 122 valence electrons. The maximum atomic E-state index is 13.8. The molecule has 0 aliphatic carbocycles. The maximum absolute atomic E-state index is 13.8. The predicted octanol–water partition coefficient (Wildman–Crippen LogP) is 3.56. The summed E-state index contributed by atoms with van der Waals surface area (Å²) in [4.78, 5) is 17.5. The molecule has 3 rings (SSSR count). The third-order valence-electron chi connectivity index (χ3n) is 4.13. The normalized spacial score (nSPS) is 14.6. The Bertz CT molecular complexity index is 698. The van der Waals surface area contributed by atoms with Crippen molar-refractivity contribution in [2.45, 2.75) is 19.5 Å². The number of rotatable bonds is 4. The van der Waals surface area contributed by atoms with E-state index in [2.05, 4.69) is 16.3 Å². The van der Waals surface area contributed by atoms with Crippen LogP contribution in [-0.4, -0.2) is 35.8 Å². The average Bonchev–Trinajstić information content (AvgIpc) is 2.98. The van der Waals surface area contributed by atoms with Crippen molar-refractivity contribution in [2.75, 3.05) is 20.1 Å². The van der Waals surface area contributed by atoms with Crippen molar-refractivity contribution in [3.8, 4) is 0 Å². The zero-order chi connectivity index (χ0) is 16.4. The van der Waals surface area contributed by atoms with Gasteiger partial charge in [0.25, 0.3) is 0 Å². The first-order valence-electron chi connectivity index (χ1n) is 7.49. The van der Waals surface area contributed by atoms with Gasteiger partial charge in [-0.3, -0.25) is 9.69 Å². The highest BCUT2D eigenvalue weighted by Crippen LogP contribution is 2.24. The number of carbonyl (C=O) groups excluding carboxylic acids is 1. The number of carbonyl (C=O) groups is 1. The third kappa shape index (κ3) is 3.74. The molecule has 3 nitrogen and oxygen atoms in total. The van der Waals surface area contributed by atoms with E-state index >= 15 is 0 Å². The van der Waals surface area contributed by atoms with E-state index in [0.29, 0.717) is 17.1 Å². The van der Waals surface area contributed by atoms with Gasteiger partial charge in [0, 0.05) is 42.1 Å². The molecular weight excluding hydrogens is 335 g/mol. The number of nitrogens with zero attached hydrogens (tertiary/aromatic N) is 2. The summed E-state index contributed by atoms with van der Waals surface area (Å²) < 4.78 is 13.8. The molecule has 0 saturated heterocycles. The fraction of sp³-hybridized carbons (Fsp3) is 0.353. The van der Waals surface area contributed by atoms with E-state index in [1.165, 1.54) is 21.4 Å². The van der Waals surface area contributed by atoms with Gasteiger partial charge in [-0.05, 0) is 35.6 Å². The Hall–Kier alpha value is -1.43. The Morgan fingerprint density at radius 1 is 1.43 bits per heavy atom. The minimum atomic E-state index is -0.377. The summed E-state index contributed by atoms with van der Waals surface area (Å²) in [5.41, 5.74) is 1.68. The van der Waals surface area contributed by atoms with Crippen LogP contribution in [0.1, 0.15) is 16.0 Å². The number of thiophene rings is 1. The van der Waals surface area contributed by atoms with Crippen molar-refractivity contribution in [1.82, 2.24) is 9.80 Å². The SMILES string of the molecule is CN(Cc1c(F)cccc1Cl)C(=O)CN1CCc2sccc2C1. The van der Waals surface area contributed by atoms with Gasteiger partial charge in [0.1, 0.15) is 5.82 Å². The van der Waals surface area contributed by atoms with Gasteiger partial charge in [-0.2, -0.15) is 0 Å². The predicted molar refractivity (Wildman–Crippen MR) is 91.2 cm³/mol. The monoisotopic (exact) mass is 352 g/mol. The number of halogens is 2. The molecule has 0 saturated carbocycles. The van der Waals surface area contributed by atoms with Crippen LogP contribution >= 0.6 is 22.9 Å². The molecule has 0 N–H and O–H groups in total.